The highest BCUT2D eigenvalue weighted by Crippen LogP contribution is 2.24. The standard InChI is InChI=1S/C14H15N3O3/c1-8-3-5-10(13(18)16-8)14(19)17-12-7-9(20-2)4-6-11(12)15/h3-7H,15H2,1-2H3,(H,16,18)(H,17,19). The number of anilines is 2. The molecule has 0 bridgehead atoms. The van der Waals surface area contributed by atoms with Gasteiger partial charge in [0.05, 0.1) is 18.5 Å². The summed E-state index contributed by atoms with van der Waals surface area (Å²) in [4.78, 5) is 26.3. The molecule has 0 radical (unpaired) electrons. The van der Waals surface area contributed by atoms with Crippen LogP contribution in [0.2, 0.25) is 0 Å². The monoisotopic (exact) mass is 273 g/mol. The third-order valence-electron chi connectivity index (χ3n) is 2.81. The van der Waals surface area contributed by atoms with Crippen LogP contribution < -0.4 is 21.3 Å². The number of aryl methyl sites for hydroxylation is 1. The maximum atomic E-state index is 12.1. The van der Waals surface area contributed by atoms with Crippen LogP contribution in [0.1, 0.15) is 16.1 Å². The normalized spacial score (nSPS) is 10.1. The number of rotatable bonds is 3. The zero-order valence-corrected chi connectivity index (χ0v) is 11.2. The fourth-order valence-electron chi connectivity index (χ4n) is 1.71. The van der Waals surface area contributed by atoms with Crippen LogP contribution in [0.5, 0.6) is 5.75 Å². The Morgan fingerprint density at radius 1 is 1.30 bits per heavy atom. The topological polar surface area (TPSA) is 97.2 Å². The molecule has 1 aromatic heterocycles. The second-order valence-corrected chi connectivity index (χ2v) is 4.29. The largest absolute Gasteiger partial charge is 0.497 e. The second-order valence-electron chi connectivity index (χ2n) is 4.29. The minimum Gasteiger partial charge on any atom is -0.497 e. The van der Waals surface area contributed by atoms with Gasteiger partial charge in [-0.25, -0.2) is 0 Å². The van der Waals surface area contributed by atoms with E-state index >= 15 is 0 Å². The predicted molar refractivity (Wildman–Crippen MR) is 77.2 cm³/mol. The third kappa shape index (κ3) is 2.80. The number of H-pyrrole nitrogens is 1. The summed E-state index contributed by atoms with van der Waals surface area (Å²) in [6.07, 6.45) is 0. The molecule has 0 spiro atoms. The van der Waals surface area contributed by atoms with E-state index in [9.17, 15) is 9.59 Å². The van der Waals surface area contributed by atoms with Gasteiger partial charge in [-0.3, -0.25) is 9.59 Å². The number of pyridine rings is 1. The summed E-state index contributed by atoms with van der Waals surface area (Å²) >= 11 is 0. The zero-order chi connectivity index (χ0) is 14.7. The summed E-state index contributed by atoms with van der Waals surface area (Å²) in [5.41, 5.74) is 6.84. The molecule has 0 atom stereocenters. The van der Waals surface area contributed by atoms with Crippen molar-refractivity contribution in [1.29, 1.82) is 0 Å². The molecule has 0 aliphatic rings. The predicted octanol–water partition coefficient (Wildman–Crippen LogP) is 1.53. The van der Waals surface area contributed by atoms with Gasteiger partial charge in [0.15, 0.2) is 0 Å². The van der Waals surface area contributed by atoms with Crippen molar-refractivity contribution in [3.63, 3.8) is 0 Å². The number of carbonyl (C=O) groups is 1. The van der Waals surface area contributed by atoms with Crippen LogP contribution in [-0.2, 0) is 0 Å². The summed E-state index contributed by atoms with van der Waals surface area (Å²) in [6.45, 7) is 1.74. The van der Waals surface area contributed by atoms with Crippen LogP contribution in [-0.4, -0.2) is 18.0 Å². The van der Waals surface area contributed by atoms with Crippen LogP contribution in [0, 0.1) is 6.92 Å². The number of nitrogens with one attached hydrogen (secondary N) is 2. The summed E-state index contributed by atoms with van der Waals surface area (Å²) in [7, 11) is 1.52. The molecule has 104 valence electrons. The number of ether oxygens (including phenoxy) is 1. The number of benzene rings is 1. The highest BCUT2D eigenvalue weighted by molar-refractivity contribution is 6.05. The van der Waals surface area contributed by atoms with Crippen molar-refractivity contribution in [2.45, 2.75) is 6.92 Å². The second kappa shape index (κ2) is 5.48. The van der Waals surface area contributed by atoms with Crippen molar-refractivity contribution in [2.75, 3.05) is 18.2 Å². The van der Waals surface area contributed by atoms with Gasteiger partial charge in [-0.05, 0) is 31.2 Å². The number of nitrogen functional groups attached to an aromatic ring is 1. The molecule has 20 heavy (non-hydrogen) atoms. The lowest BCUT2D eigenvalue weighted by Gasteiger charge is -2.09. The molecule has 0 fully saturated rings. The SMILES string of the molecule is COc1ccc(N)c(NC(=O)c2ccc(C)[nH]c2=O)c1. The highest BCUT2D eigenvalue weighted by atomic mass is 16.5. The fourth-order valence-corrected chi connectivity index (χ4v) is 1.71. The average Bonchev–Trinajstić information content (AvgIpc) is 2.41. The summed E-state index contributed by atoms with van der Waals surface area (Å²) < 4.78 is 5.06. The first-order valence-electron chi connectivity index (χ1n) is 5.96. The van der Waals surface area contributed by atoms with Crippen LogP contribution in [0.4, 0.5) is 11.4 Å². The van der Waals surface area contributed by atoms with Gasteiger partial charge in [0.1, 0.15) is 11.3 Å². The summed E-state index contributed by atoms with van der Waals surface area (Å²) in [5.74, 6) is 0.0403. The maximum Gasteiger partial charge on any atom is 0.261 e. The number of amides is 1. The van der Waals surface area contributed by atoms with Gasteiger partial charge in [0.25, 0.3) is 11.5 Å². The Labute approximate surface area is 115 Å². The molecule has 2 aromatic rings. The van der Waals surface area contributed by atoms with Gasteiger partial charge in [-0.2, -0.15) is 0 Å². The Kier molecular flexibility index (Phi) is 3.74. The molecule has 6 heteroatoms. The number of methoxy groups -OCH3 is 1. The van der Waals surface area contributed by atoms with Crippen molar-refractivity contribution in [2.24, 2.45) is 0 Å². The van der Waals surface area contributed by atoms with Crippen molar-refractivity contribution in [3.05, 3.63) is 51.9 Å². The Morgan fingerprint density at radius 3 is 2.70 bits per heavy atom. The number of aromatic amines is 1. The van der Waals surface area contributed by atoms with E-state index in [1.807, 2.05) is 0 Å². The molecule has 2 rings (SSSR count). The number of nitrogens with two attached hydrogens (primary N) is 1. The van der Waals surface area contributed by atoms with E-state index in [1.54, 1.807) is 31.2 Å². The van der Waals surface area contributed by atoms with Crippen molar-refractivity contribution < 1.29 is 9.53 Å². The molecule has 0 unspecified atom stereocenters. The van der Waals surface area contributed by atoms with Crippen molar-refractivity contribution >= 4 is 17.3 Å². The van der Waals surface area contributed by atoms with E-state index in [0.717, 1.165) is 0 Å². The highest BCUT2D eigenvalue weighted by Gasteiger charge is 2.12. The molecule has 0 saturated heterocycles. The van der Waals surface area contributed by atoms with Crippen LogP contribution in [0.25, 0.3) is 0 Å². The Hall–Kier alpha value is -2.76. The smallest absolute Gasteiger partial charge is 0.261 e. The van der Waals surface area contributed by atoms with Crippen molar-refractivity contribution in [1.82, 2.24) is 4.98 Å². The number of carbonyl (C=O) groups excluding carboxylic acids is 1. The van der Waals surface area contributed by atoms with Gasteiger partial charge >= 0.3 is 0 Å². The third-order valence-corrected chi connectivity index (χ3v) is 2.81. The van der Waals surface area contributed by atoms with E-state index in [0.29, 0.717) is 22.8 Å². The van der Waals surface area contributed by atoms with E-state index < -0.39 is 11.5 Å². The Morgan fingerprint density at radius 2 is 2.05 bits per heavy atom. The van der Waals surface area contributed by atoms with Gasteiger partial charge < -0.3 is 20.8 Å². The molecule has 1 heterocycles. The van der Waals surface area contributed by atoms with Gasteiger partial charge in [-0.15, -0.1) is 0 Å². The molecule has 1 aromatic carbocycles. The van der Waals surface area contributed by atoms with Crippen LogP contribution in [0.15, 0.2) is 35.1 Å². The lowest BCUT2D eigenvalue weighted by molar-refractivity contribution is 0.102. The minimum absolute atomic E-state index is 0.0258. The Bertz CT molecular complexity index is 707. The number of aromatic nitrogens is 1. The van der Waals surface area contributed by atoms with E-state index in [2.05, 4.69) is 10.3 Å². The fraction of sp³-hybridized carbons (Fsp3) is 0.143. The molecule has 6 nitrogen and oxygen atoms in total. The van der Waals surface area contributed by atoms with Gasteiger partial charge in [-0.1, -0.05) is 0 Å². The molecule has 0 aliphatic carbocycles. The van der Waals surface area contributed by atoms with Crippen molar-refractivity contribution in [3.8, 4) is 5.75 Å². The maximum absolute atomic E-state index is 12.1. The number of hydrogen-bond acceptors (Lipinski definition) is 4. The first-order chi connectivity index (χ1) is 9.51. The van der Waals surface area contributed by atoms with E-state index in [4.69, 9.17) is 10.5 Å². The molecule has 4 N–H and O–H groups in total. The molecular formula is C14H15N3O3. The lowest BCUT2D eigenvalue weighted by atomic mass is 10.2. The van der Waals surface area contributed by atoms with E-state index in [1.165, 1.54) is 13.2 Å². The minimum atomic E-state index is -0.522. The Balaban J connectivity index is 2.30. The lowest BCUT2D eigenvalue weighted by Crippen LogP contribution is -2.23. The van der Waals surface area contributed by atoms with Gasteiger partial charge in [0.2, 0.25) is 0 Å². The molecule has 1 amide bonds. The molecular weight excluding hydrogens is 258 g/mol. The molecule has 0 aliphatic heterocycles. The van der Waals surface area contributed by atoms with Crippen LogP contribution in [0.3, 0.4) is 0 Å². The van der Waals surface area contributed by atoms with E-state index in [-0.39, 0.29) is 5.56 Å². The zero-order valence-electron chi connectivity index (χ0n) is 11.2. The first kappa shape index (κ1) is 13.7. The quantitative estimate of drug-likeness (QED) is 0.739. The van der Waals surface area contributed by atoms with Crippen LogP contribution >= 0.6 is 0 Å². The summed E-state index contributed by atoms with van der Waals surface area (Å²) in [6, 6.07) is 8.03. The number of hydrogen-bond donors (Lipinski definition) is 3. The molecule has 0 saturated carbocycles. The first-order valence-corrected chi connectivity index (χ1v) is 5.96. The average molecular weight is 273 g/mol. The van der Waals surface area contributed by atoms with Gasteiger partial charge in [0, 0.05) is 11.8 Å². The summed E-state index contributed by atoms with van der Waals surface area (Å²) in [5, 5.41) is 2.60.